The zero-order chi connectivity index (χ0) is 14.8. The number of nitrogen functional groups attached to an aromatic ring is 1. The predicted molar refractivity (Wildman–Crippen MR) is 81.0 cm³/mol. The number of nitrogens with two attached hydrogens (primary N) is 1. The Labute approximate surface area is 120 Å². The molecule has 0 bridgehead atoms. The Bertz CT molecular complexity index is 457. The molecule has 20 heavy (non-hydrogen) atoms. The molecule has 2 heterocycles. The molecule has 5 heteroatoms. The average Bonchev–Trinajstić information content (AvgIpc) is 2.74. The van der Waals surface area contributed by atoms with Gasteiger partial charge in [-0.2, -0.15) is 4.98 Å². The monoisotopic (exact) mass is 279 g/mol. The summed E-state index contributed by atoms with van der Waals surface area (Å²) in [7, 11) is 0. The van der Waals surface area contributed by atoms with Crippen LogP contribution in [0.4, 0.5) is 11.5 Å². The van der Waals surface area contributed by atoms with Crippen LogP contribution in [0.15, 0.2) is 12.1 Å². The third-order valence-corrected chi connectivity index (χ3v) is 3.37. The van der Waals surface area contributed by atoms with Crippen LogP contribution >= 0.6 is 0 Å². The average molecular weight is 279 g/mol. The molecule has 0 amide bonds. The van der Waals surface area contributed by atoms with Gasteiger partial charge in [-0.1, -0.05) is 0 Å². The molecule has 2 atom stereocenters. The van der Waals surface area contributed by atoms with Crippen molar-refractivity contribution in [1.82, 2.24) is 4.98 Å². The molecule has 5 nitrogen and oxygen atoms in total. The summed E-state index contributed by atoms with van der Waals surface area (Å²) in [4.78, 5) is 4.44. The van der Waals surface area contributed by atoms with E-state index in [1.54, 1.807) is 0 Å². The van der Waals surface area contributed by atoms with Crippen LogP contribution in [0, 0.1) is 5.92 Å². The molecule has 2 rings (SSSR count). The van der Waals surface area contributed by atoms with Gasteiger partial charge in [0.05, 0.1) is 11.8 Å². The number of nitrogens with zero attached hydrogens (tertiary/aromatic N) is 1. The Morgan fingerprint density at radius 3 is 2.80 bits per heavy atom. The summed E-state index contributed by atoms with van der Waals surface area (Å²) in [5.41, 5.74) is 6.15. The SMILES string of the molecule is CC1OCCC1CNc1ccc(N)c(OC(C)(C)C)n1. The second-order valence-electron chi connectivity index (χ2n) is 6.31. The van der Waals surface area contributed by atoms with E-state index < -0.39 is 0 Å². The van der Waals surface area contributed by atoms with Crippen LogP contribution < -0.4 is 15.8 Å². The van der Waals surface area contributed by atoms with E-state index in [9.17, 15) is 0 Å². The van der Waals surface area contributed by atoms with Crippen molar-refractivity contribution in [3.05, 3.63) is 12.1 Å². The largest absolute Gasteiger partial charge is 0.470 e. The zero-order valence-electron chi connectivity index (χ0n) is 12.8. The Hall–Kier alpha value is -1.49. The van der Waals surface area contributed by atoms with Crippen LogP contribution in [0.3, 0.4) is 0 Å². The highest BCUT2D eigenvalue weighted by Gasteiger charge is 2.24. The summed E-state index contributed by atoms with van der Waals surface area (Å²) in [5, 5.41) is 3.34. The lowest BCUT2D eigenvalue weighted by Gasteiger charge is -2.22. The van der Waals surface area contributed by atoms with Crippen molar-refractivity contribution in [3.63, 3.8) is 0 Å². The summed E-state index contributed by atoms with van der Waals surface area (Å²) in [6.45, 7) is 9.75. The third kappa shape index (κ3) is 4.00. The van der Waals surface area contributed by atoms with Crippen LogP contribution in [0.1, 0.15) is 34.1 Å². The first-order valence-corrected chi connectivity index (χ1v) is 7.16. The van der Waals surface area contributed by atoms with E-state index in [2.05, 4.69) is 17.2 Å². The minimum Gasteiger partial charge on any atom is -0.470 e. The first kappa shape index (κ1) is 14.9. The summed E-state index contributed by atoms with van der Waals surface area (Å²) in [6.07, 6.45) is 1.40. The Morgan fingerprint density at radius 2 is 2.20 bits per heavy atom. The fraction of sp³-hybridized carbons (Fsp3) is 0.667. The normalized spacial score (nSPS) is 22.8. The molecule has 3 N–H and O–H groups in total. The summed E-state index contributed by atoms with van der Waals surface area (Å²) in [5.74, 6) is 1.80. The van der Waals surface area contributed by atoms with E-state index in [0.29, 0.717) is 23.6 Å². The zero-order valence-corrected chi connectivity index (χ0v) is 12.8. The highest BCUT2D eigenvalue weighted by atomic mass is 16.5. The molecule has 0 saturated carbocycles. The Balaban J connectivity index is 2.00. The number of rotatable bonds is 4. The molecular formula is C15H25N3O2. The van der Waals surface area contributed by atoms with Gasteiger partial charge >= 0.3 is 0 Å². The molecule has 0 aliphatic carbocycles. The first-order chi connectivity index (χ1) is 9.35. The van der Waals surface area contributed by atoms with Gasteiger partial charge in [0.2, 0.25) is 5.88 Å². The number of anilines is 2. The van der Waals surface area contributed by atoms with Crippen molar-refractivity contribution in [2.45, 2.75) is 45.8 Å². The quantitative estimate of drug-likeness (QED) is 0.886. The minimum absolute atomic E-state index is 0.307. The molecule has 1 saturated heterocycles. The van der Waals surface area contributed by atoms with E-state index in [4.69, 9.17) is 15.2 Å². The van der Waals surface area contributed by atoms with Gasteiger partial charge in [-0.15, -0.1) is 0 Å². The highest BCUT2D eigenvalue weighted by Crippen LogP contribution is 2.26. The lowest BCUT2D eigenvalue weighted by molar-refractivity contribution is 0.108. The maximum absolute atomic E-state index is 5.90. The molecule has 1 aliphatic heterocycles. The number of nitrogens with one attached hydrogen (secondary N) is 1. The molecule has 1 fully saturated rings. The molecule has 1 aromatic rings. The standard InChI is InChI=1S/C15H25N3O2/c1-10-11(7-8-19-10)9-17-13-6-5-12(16)14(18-13)20-15(2,3)4/h5-6,10-11H,7-9,16H2,1-4H3,(H,17,18). The molecular weight excluding hydrogens is 254 g/mol. The van der Waals surface area contributed by atoms with Crippen molar-refractivity contribution in [2.24, 2.45) is 5.92 Å². The van der Waals surface area contributed by atoms with Gasteiger partial charge in [0.1, 0.15) is 11.4 Å². The smallest absolute Gasteiger partial charge is 0.239 e. The maximum Gasteiger partial charge on any atom is 0.239 e. The first-order valence-electron chi connectivity index (χ1n) is 7.16. The van der Waals surface area contributed by atoms with Crippen LogP contribution in [0.25, 0.3) is 0 Å². The van der Waals surface area contributed by atoms with Crippen LogP contribution in [-0.4, -0.2) is 29.8 Å². The Morgan fingerprint density at radius 1 is 1.45 bits per heavy atom. The van der Waals surface area contributed by atoms with Gasteiger partial charge in [0.25, 0.3) is 0 Å². The van der Waals surface area contributed by atoms with E-state index >= 15 is 0 Å². The Kier molecular flexibility index (Phi) is 4.38. The maximum atomic E-state index is 5.90. The lowest BCUT2D eigenvalue weighted by Crippen LogP contribution is -2.25. The van der Waals surface area contributed by atoms with Crippen molar-refractivity contribution >= 4 is 11.5 Å². The van der Waals surface area contributed by atoms with Gasteiger partial charge in [-0.05, 0) is 46.2 Å². The molecule has 112 valence electrons. The summed E-state index contributed by atoms with van der Waals surface area (Å²) < 4.78 is 11.3. The van der Waals surface area contributed by atoms with Gasteiger partial charge in [0.15, 0.2) is 0 Å². The van der Waals surface area contributed by atoms with E-state index in [1.165, 1.54) is 0 Å². The van der Waals surface area contributed by atoms with Crippen LogP contribution in [0.2, 0.25) is 0 Å². The van der Waals surface area contributed by atoms with E-state index in [-0.39, 0.29) is 5.60 Å². The topological polar surface area (TPSA) is 69.4 Å². The van der Waals surface area contributed by atoms with Crippen molar-refractivity contribution in [3.8, 4) is 5.88 Å². The molecule has 0 radical (unpaired) electrons. The number of hydrogen-bond donors (Lipinski definition) is 2. The molecule has 0 aromatic carbocycles. The second kappa shape index (κ2) is 5.87. The number of ether oxygens (including phenoxy) is 2. The predicted octanol–water partition coefficient (Wildman–Crippen LogP) is 2.68. The lowest BCUT2D eigenvalue weighted by atomic mass is 10.0. The van der Waals surface area contributed by atoms with Crippen molar-refractivity contribution < 1.29 is 9.47 Å². The van der Waals surface area contributed by atoms with Crippen molar-refractivity contribution in [2.75, 3.05) is 24.2 Å². The van der Waals surface area contributed by atoms with Gasteiger partial charge in [-0.3, -0.25) is 0 Å². The fourth-order valence-corrected chi connectivity index (χ4v) is 2.20. The number of pyridine rings is 1. The summed E-state index contributed by atoms with van der Waals surface area (Å²) in [6, 6.07) is 3.70. The third-order valence-electron chi connectivity index (χ3n) is 3.37. The minimum atomic E-state index is -0.312. The second-order valence-corrected chi connectivity index (χ2v) is 6.31. The fourth-order valence-electron chi connectivity index (χ4n) is 2.20. The molecule has 2 unspecified atom stereocenters. The number of aromatic nitrogens is 1. The highest BCUT2D eigenvalue weighted by molar-refractivity contribution is 5.53. The van der Waals surface area contributed by atoms with Gasteiger partial charge in [-0.25, -0.2) is 0 Å². The van der Waals surface area contributed by atoms with Crippen LogP contribution in [0.5, 0.6) is 5.88 Å². The van der Waals surface area contributed by atoms with E-state index in [1.807, 2.05) is 32.9 Å². The van der Waals surface area contributed by atoms with Gasteiger partial charge in [0, 0.05) is 19.1 Å². The van der Waals surface area contributed by atoms with E-state index in [0.717, 1.165) is 25.4 Å². The van der Waals surface area contributed by atoms with Gasteiger partial charge < -0.3 is 20.5 Å². The van der Waals surface area contributed by atoms with Crippen molar-refractivity contribution in [1.29, 1.82) is 0 Å². The molecule has 0 spiro atoms. The molecule has 1 aliphatic rings. The van der Waals surface area contributed by atoms with Crippen LogP contribution in [-0.2, 0) is 4.74 Å². The number of hydrogen-bond acceptors (Lipinski definition) is 5. The summed E-state index contributed by atoms with van der Waals surface area (Å²) >= 11 is 0. The molecule has 1 aromatic heterocycles.